The summed E-state index contributed by atoms with van der Waals surface area (Å²) in [6.07, 6.45) is 2.45. The highest BCUT2D eigenvalue weighted by Gasteiger charge is 2.44. The summed E-state index contributed by atoms with van der Waals surface area (Å²) in [6.45, 7) is 3.50. The van der Waals surface area contributed by atoms with Crippen molar-refractivity contribution in [1.29, 1.82) is 0 Å². The van der Waals surface area contributed by atoms with Gasteiger partial charge in [0, 0.05) is 32.8 Å². The largest absolute Gasteiger partial charge is 0.378 e. The molecule has 13 heavy (non-hydrogen) atoms. The molecule has 1 fully saturated rings. The van der Waals surface area contributed by atoms with Crippen molar-refractivity contribution in [3.63, 3.8) is 0 Å². The molecule has 0 saturated heterocycles. The van der Waals surface area contributed by atoms with E-state index >= 15 is 0 Å². The summed E-state index contributed by atoms with van der Waals surface area (Å²) in [5.74, 6) is 0. The van der Waals surface area contributed by atoms with Crippen LogP contribution < -0.4 is 11.2 Å². The lowest BCUT2D eigenvalue weighted by Gasteiger charge is -2.48. The van der Waals surface area contributed by atoms with Crippen LogP contribution in [-0.2, 0) is 4.74 Å². The molecule has 78 valence electrons. The molecule has 0 unspecified atom stereocenters. The molecule has 0 atom stereocenters. The quantitative estimate of drug-likeness (QED) is 0.592. The smallest absolute Gasteiger partial charge is 0.0612 e. The molecule has 0 aliphatic heterocycles. The zero-order valence-corrected chi connectivity index (χ0v) is 8.84. The number of nitrogens with zero attached hydrogens (tertiary/aromatic N) is 1. The van der Waals surface area contributed by atoms with Crippen LogP contribution in [0.4, 0.5) is 0 Å². The molecule has 0 aromatic heterocycles. The number of ether oxygens (including phenoxy) is 1. The minimum atomic E-state index is 0.0866. The van der Waals surface area contributed by atoms with Gasteiger partial charge in [0.1, 0.15) is 0 Å². The standard InChI is InChI=1S/C9H21N3O/c1-4-13-8-5-9(6-8,7-10)11-12(2)3/h8,11H,4-7,10H2,1-3H3. The molecule has 1 aliphatic carbocycles. The van der Waals surface area contributed by atoms with Crippen molar-refractivity contribution in [1.82, 2.24) is 10.4 Å². The molecule has 0 aromatic rings. The van der Waals surface area contributed by atoms with Crippen molar-refractivity contribution in [3.05, 3.63) is 0 Å². The lowest BCUT2D eigenvalue weighted by Crippen LogP contribution is -2.65. The van der Waals surface area contributed by atoms with Gasteiger partial charge >= 0.3 is 0 Å². The van der Waals surface area contributed by atoms with E-state index in [9.17, 15) is 0 Å². The molecule has 1 saturated carbocycles. The number of hydrogen-bond acceptors (Lipinski definition) is 4. The van der Waals surface area contributed by atoms with E-state index in [1.165, 1.54) is 0 Å². The van der Waals surface area contributed by atoms with Gasteiger partial charge in [-0.2, -0.15) is 0 Å². The topological polar surface area (TPSA) is 50.5 Å². The van der Waals surface area contributed by atoms with Crippen LogP contribution >= 0.6 is 0 Å². The Kier molecular flexibility index (Phi) is 3.67. The van der Waals surface area contributed by atoms with E-state index in [1.54, 1.807) is 0 Å². The summed E-state index contributed by atoms with van der Waals surface area (Å²) < 4.78 is 5.50. The maximum Gasteiger partial charge on any atom is 0.0612 e. The first-order chi connectivity index (χ1) is 6.12. The maximum atomic E-state index is 5.73. The highest BCUT2D eigenvalue weighted by Crippen LogP contribution is 2.33. The Morgan fingerprint density at radius 3 is 2.54 bits per heavy atom. The van der Waals surface area contributed by atoms with E-state index in [0.29, 0.717) is 12.6 Å². The molecule has 4 heteroatoms. The van der Waals surface area contributed by atoms with Gasteiger partial charge in [-0.1, -0.05) is 0 Å². The first kappa shape index (κ1) is 10.9. The van der Waals surface area contributed by atoms with E-state index < -0.39 is 0 Å². The van der Waals surface area contributed by atoms with E-state index in [0.717, 1.165) is 19.4 Å². The van der Waals surface area contributed by atoms with Gasteiger partial charge in [0.05, 0.1) is 6.10 Å². The third-order valence-corrected chi connectivity index (χ3v) is 2.49. The van der Waals surface area contributed by atoms with Gasteiger partial charge in [0.15, 0.2) is 0 Å². The number of hydrazine groups is 1. The van der Waals surface area contributed by atoms with Gasteiger partial charge in [-0.25, -0.2) is 5.43 Å². The molecule has 0 spiro atoms. The Morgan fingerprint density at radius 1 is 1.54 bits per heavy atom. The monoisotopic (exact) mass is 187 g/mol. The van der Waals surface area contributed by atoms with Crippen LogP contribution in [0.5, 0.6) is 0 Å². The van der Waals surface area contributed by atoms with E-state index in [4.69, 9.17) is 10.5 Å². The third-order valence-electron chi connectivity index (χ3n) is 2.49. The molecular weight excluding hydrogens is 166 g/mol. The van der Waals surface area contributed by atoms with Gasteiger partial charge in [0.2, 0.25) is 0 Å². The Labute approximate surface area is 80.4 Å². The zero-order chi connectivity index (χ0) is 9.90. The van der Waals surface area contributed by atoms with Crippen LogP contribution in [0, 0.1) is 0 Å². The van der Waals surface area contributed by atoms with Crippen molar-refractivity contribution in [3.8, 4) is 0 Å². The first-order valence-corrected chi connectivity index (χ1v) is 4.88. The minimum absolute atomic E-state index is 0.0866. The summed E-state index contributed by atoms with van der Waals surface area (Å²) in [5.41, 5.74) is 9.18. The number of nitrogens with one attached hydrogen (secondary N) is 1. The highest BCUT2D eigenvalue weighted by molar-refractivity contribution is 5.01. The van der Waals surface area contributed by atoms with E-state index in [-0.39, 0.29) is 5.54 Å². The van der Waals surface area contributed by atoms with Crippen molar-refractivity contribution >= 4 is 0 Å². The fraction of sp³-hybridized carbons (Fsp3) is 1.00. The number of hydrogen-bond donors (Lipinski definition) is 2. The molecule has 0 bridgehead atoms. The average molecular weight is 187 g/mol. The maximum absolute atomic E-state index is 5.73. The molecule has 0 radical (unpaired) electrons. The van der Waals surface area contributed by atoms with Crippen molar-refractivity contribution in [2.75, 3.05) is 27.2 Å². The second kappa shape index (κ2) is 4.37. The number of nitrogens with two attached hydrogens (primary N) is 1. The van der Waals surface area contributed by atoms with Gasteiger partial charge in [-0.05, 0) is 19.8 Å². The van der Waals surface area contributed by atoms with Crippen LogP contribution in [0.2, 0.25) is 0 Å². The molecule has 1 aliphatic rings. The summed E-state index contributed by atoms with van der Waals surface area (Å²) in [7, 11) is 3.98. The van der Waals surface area contributed by atoms with Crippen LogP contribution in [-0.4, -0.2) is 43.9 Å². The summed E-state index contributed by atoms with van der Waals surface area (Å²) in [5, 5.41) is 1.97. The van der Waals surface area contributed by atoms with E-state index in [1.807, 2.05) is 26.0 Å². The Hall–Kier alpha value is -0.160. The van der Waals surface area contributed by atoms with Crippen molar-refractivity contribution in [2.45, 2.75) is 31.4 Å². The second-order valence-electron chi connectivity index (χ2n) is 3.98. The van der Waals surface area contributed by atoms with Gasteiger partial charge in [0.25, 0.3) is 0 Å². The molecular formula is C9H21N3O. The normalized spacial score (nSPS) is 33.5. The predicted molar refractivity (Wildman–Crippen MR) is 53.3 cm³/mol. The molecule has 0 heterocycles. The third kappa shape index (κ3) is 2.64. The summed E-state index contributed by atoms with van der Waals surface area (Å²) >= 11 is 0. The fourth-order valence-corrected chi connectivity index (χ4v) is 1.94. The van der Waals surface area contributed by atoms with Gasteiger partial charge in [-0.15, -0.1) is 0 Å². The molecule has 0 aromatic carbocycles. The summed E-state index contributed by atoms with van der Waals surface area (Å²) in [6, 6.07) is 0. The lowest BCUT2D eigenvalue weighted by molar-refractivity contribution is -0.0675. The fourth-order valence-electron chi connectivity index (χ4n) is 1.94. The van der Waals surface area contributed by atoms with Crippen molar-refractivity contribution in [2.24, 2.45) is 5.73 Å². The zero-order valence-electron chi connectivity index (χ0n) is 8.84. The highest BCUT2D eigenvalue weighted by atomic mass is 16.5. The molecule has 3 N–H and O–H groups in total. The van der Waals surface area contributed by atoms with Crippen LogP contribution in [0.15, 0.2) is 0 Å². The van der Waals surface area contributed by atoms with Crippen LogP contribution in [0.3, 0.4) is 0 Å². The van der Waals surface area contributed by atoms with Crippen LogP contribution in [0.1, 0.15) is 19.8 Å². The Bertz CT molecular complexity index is 155. The lowest BCUT2D eigenvalue weighted by atomic mass is 9.74. The Balaban J connectivity index is 2.31. The molecule has 4 nitrogen and oxygen atoms in total. The van der Waals surface area contributed by atoms with Gasteiger partial charge < -0.3 is 10.5 Å². The summed E-state index contributed by atoms with van der Waals surface area (Å²) in [4.78, 5) is 0. The van der Waals surface area contributed by atoms with Crippen LogP contribution in [0.25, 0.3) is 0 Å². The first-order valence-electron chi connectivity index (χ1n) is 4.88. The second-order valence-corrected chi connectivity index (χ2v) is 3.98. The van der Waals surface area contributed by atoms with Crippen molar-refractivity contribution < 1.29 is 4.74 Å². The Morgan fingerprint density at radius 2 is 2.15 bits per heavy atom. The minimum Gasteiger partial charge on any atom is -0.378 e. The molecule has 0 amide bonds. The van der Waals surface area contributed by atoms with E-state index in [2.05, 4.69) is 5.43 Å². The predicted octanol–water partition coefficient (Wildman–Crippen LogP) is -0.0510. The number of rotatable bonds is 5. The van der Waals surface area contributed by atoms with Gasteiger partial charge in [-0.3, -0.25) is 5.01 Å². The SMILES string of the molecule is CCOC1CC(CN)(NN(C)C)C1. The average Bonchev–Trinajstić information content (AvgIpc) is 1.99. The molecule has 1 rings (SSSR count).